The second kappa shape index (κ2) is 12.7. The normalized spacial score (nSPS) is 15.7. The van der Waals surface area contributed by atoms with Crippen molar-refractivity contribution in [2.45, 2.75) is 18.9 Å². The Hall–Kier alpha value is -7.13. The van der Waals surface area contributed by atoms with E-state index in [1.54, 1.807) is 6.08 Å². The number of rotatable bonds is 6. The summed E-state index contributed by atoms with van der Waals surface area (Å²) in [5.41, 5.74) is 12.9. The summed E-state index contributed by atoms with van der Waals surface area (Å²) in [5, 5.41) is 30.2. The zero-order valence-electron chi connectivity index (χ0n) is 28.0. The summed E-state index contributed by atoms with van der Waals surface area (Å²) in [4.78, 5) is 2.38. The Labute approximate surface area is 297 Å². The highest BCUT2D eigenvalue weighted by Gasteiger charge is 2.38. The quantitative estimate of drug-likeness (QED) is 0.132. The minimum atomic E-state index is 0.106. The number of nitrogens with zero attached hydrogens (tertiary/aromatic N) is 5. The van der Waals surface area contributed by atoms with Crippen molar-refractivity contribution in [3.05, 3.63) is 180 Å². The van der Waals surface area contributed by atoms with Crippen molar-refractivity contribution in [2.24, 2.45) is 0 Å². The summed E-state index contributed by atoms with van der Waals surface area (Å²) in [6, 6.07) is 44.1. The minimum absolute atomic E-state index is 0.106. The molecule has 2 aliphatic rings. The molecule has 2 atom stereocenters. The fourth-order valence-electron chi connectivity index (χ4n) is 7.64. The van der Waals surface area contributed by atoms with E-state index < -0.39 is 0 Å². The number of aromatic nitrogens is 1. The largest absolute Gasteiger partial charge is 0.333 e. The summed E-state index contributed by atoms with van der Waals surface area (Å²) in [6.07, 6.45) is 12.4. The molecule has 5 nitrogen and oxygen atoms in total. The van der Waals surface area contributed by atoms with E-state index >= 15 is 0 Å². The molecule has 2 heterocycles. The first-order chi connectivity index (χ1) is 25.0. The molecule has 6 aromatic rings. The predicted octanol–water partition coefficient (Wildman–Crippen LogP) is 10.8. The smallest absolute Gasteiger partial charge is 0.0998 e. The molecule has 1 aromatic heterocycles. The molecule has 0 bridgehead atoms. The van der Waals surface area contributed by atoms with E-state index in [1.165, 1.54) is 5.56 Å². The van der Waals surface area contributed by atoms with Crippen molar-refractivity contribution < 1.29 is 0 Å². The average molecular weight is 654 g/mol. The van der Waals surface area contributed by atoms with E-state index in [4.69, 9.17) is 0 Å². The standard InChI is InChI=1S/C46H31N5/c1-30(27-47)20-23-41-31(2)46-36(29-49)13-9-19-44(46)50(41)37-14-8-11-34(26-37)33-10-7-12-35(25-33)38-22-21-32(28-48)24-45(38)51-42-17-5-3-15-39(42)40-16-4-6-18-43(40)51/h3-26,39,42H,1H2,2H3/b23-20-. The molecule has 0 fully saturated rings. The maximum atomic E-state index is 9.96. The van der Waals surface area contributed by atoms with Gasteiger partial charge in [0.05, 0.1) is 46.6 Å². The Morgan fingerprint density at radius 1 is 0.745 bits per heavy atom. The average Bonchev–Trinajstić information content (AvgIpc) is 3.68. The Kier molecular flexibility index (Phi) is 7.77. The van der Waals surface area contributed by atoms with Gasteiger partial charge in [-0.15, -0.1) is 0 Å². The molecule has 8 rings (SSSR count). The van der Waals surface area contributed by atoms with Gasteiger partial charge in [-0.3, -0.25) is 0 Å². The lowest BCUT2D eigenvalue weighted by Crippen LogP contribution is -2.29. The Morgan fingerprint density at radius 3 is 2.33 bits per heavy atom. The van der Waals surface area contributed by atoms with Crippen LogP contribution in [0.3, 0.4) is 0 Å². The highest BCUT2D eigenvalue weighted by Crippen LogP contribution is 2.50. The summed E-state index contributed by atoms with van der Waals surface area (Å²) in [7, 11) is 0. The first-order valence-corrected chi connectivity index (χ1v) is 16.8. The summed E-state index contributed by atoms with van der Waals surface area (Å²) in [6.45, 7) is 5.84. The van der Waals surface area contributed by atoms with Gasteiger partial charge < -0.3 is 9.47 Å². The second-order valence-corrected chi connectivity index (χ2v) is 12.8. The van der Waals surface area contributed by atoms with E-state index in [1.807, 2.05) is 49.4 Å². The molecular formula is C46H31N5. The molecule has 0 spiro atoms. The van der Waals surface area contributed by atoms with Crippen molar-refractivity contribution in [1.29, 1.82) is 15.8 Å². The molecule has 0 saturated heterocycles. The van der Waals surface area contributed by atoms with E-state index in [0.29, 0.717) is 16.7 Å². The zero-order valence-corrected chi connectivity index (χ0v) is 28.0. The number of anilines is 2. The van der Waals surface area contributed by atoms with Crippen LogP contribution in [0.2, 0.25) is 0 Å². The van der Waals surface area contributed by atoms with Gasteiger partial charge >= 0.3 is 0 Å². The third-order valence-corrected chi connectivity index (χ3v) is 9.95. The topological polar surface area (TPSA) is 79.5 Å². The minimum Gasteiger partial charge on any atom is -0.333 e. The van der Waals surface area contributed by atoms with Crippen LogP contribution < -0.4 is 4.90 Å². The Balaban J connectivity index is 1.26. The maximum Gasteiger partial charge on any atom is 0.0998 e. The van der Waals surface area contributed by atoms with Crippen LogP contribution in [0, 0.1) is 40.9 Å². The number of hydrogen-bond acceptors (Lipinski definition) is 4. The predicted molar refractivity (Wildman–Crippen MR) is 205 cm³/mol. The van der Waals surface area contributed by atoms with Gasteiger partial charge in [-0.2, -0.15) is 15.8 Å². The zero-order chi connectivity index (χ0) is 35.1. The van der Waals surface area contributed by atoms with Crippen LogP contribution in [0.4, 0.5) is 11.4 Å². The van der Waals surface area contributed by atoms with Crippen LogP contribution >= 0.6 is 0 Å². The van der Waals surface area contributed by atoms with Crippen molar-refractivity contribution >= 4 is 28.4 Å². The molecule has 2 unspecified atom stereocenters. The molecule has 5 heteroatoms. The Morgan fingerprint density at radius 2 is 1.51 bits per heavy atom. The highest BCUT2D eigenvalue weighted by molar-refractivity contribution is 5.95. The van der Waals surface area contributed by atoms with E-state index in [9.17, 15) is 15.8 Å². The number of nitriles is 3. The van der Waals surface area contributed by atoms with E-state index in [-0.39, 0.29) is 12.0 Å². The molecular weight excluding hydrogens is 623 g/mol. The first kappa shape index (κ1) is 31.2. The molecule has 5 aromatic carbocycles. The van der Waals surface area contributed by atoms with Crippen LogP contribution in [-0.2, 0) is 0 Å². The van der Waals surface area contributed by atoms with E-state index in [2.05, 4.69) is 131 Å². The Bertz CT molecular complexity index is 2630. The maximum absolute atomic E-state index is 9.96. The van der Waals surface area contributed by atoms with Gasteiger partial charge in [0.15, 0.2) is 0 Å². The lowest BCUT2D eigenvalue weighted by atomic mass is 9.91. The number of benzene rings is 5. The lowest BCUT2D eigenvalue weighted by Gasteiger charge is -2.30. The molecule has 1 aliphatic carbocycles. The van der Waals surface area contributed by atoms with Gasteiger partial charge in [-0.25, -0.2) is 0 Å². The monoisotopic (exact) mass is 653 g/mol. The van der Waals surface area contributed by atoms with Crippen molar-refractivity contribution in [3.8, 4) is 46.1 Å². The van der Waals surface area contributed by atoms with Gasteiger partial charge in [-0.1, -0.05) is 91.5 Å². The highest BCUT2D eigenvalue weighted by atomic mass is 15.2. The van der Waals surface area contributed by atoms with Gasteiger partial charge in [0.25, 0.3) is 0 Å². The lowest BCUT2D eigenvalue weighted by molar-refractivity contribution is 0.745. The summed E-state index contributed by atoms with van der Waals surface area (Å²) >= 11 is 0. The molecule has 0 amide bonds. The molecule has 0 radical (unpaired) electrons. The van der Waals surface area contributed by atoms with Crippen LogP contribution in [0.15, 0.2) is 152 Å². The van der Waals surface area contributed by atoms with Gasteiger partial charge in [0.1, 0.15) is 0 Å². The second-order valence-electron chi connectivity index (χ2n) is 12.8. The SMILES string of the molecule is C=C(C#N)/C=C\c1c(C)c2c(C#N)cccc2n1-c1cccc(-c2cccc(-c3ccc(C#N)cc3N3c4ccccc4C4C=CC=CC43)c2)c1. The third kappa shape index (κ3) is 5.24. The number of aryl methyl sites for hydroxylation is 1. The van der Waals surface area contributed by atoms with Gasteiger partial charge in [0.2, 0.25) is 0 Å². The third-order valence-electron chi connectivity index (χ3n) is 9.95. The van der Waals surface area contributed by atoms with Gasteiger partial charge in [-0.05, 0) is 95.4 Å². The number of allylic oxidation sites excluding steroid dienone is 4. The fraction of sp³-hybridized carbons (Fsp3) is 0.0652. The van der Waals surface area contributed by atoms with Crippen LogP contribution in [0.1, 0.15) is 33.9 Å². The molecule has 51 heavy (non-hydrogen) atoms. The van der Waals surface area contributed by atoms with Crippen molar-refractivity contribution in [2.75, 3.05) is 4.90 Å². The van der Waals surface area contributed by atoms with Crippen molar-refractivity contribution in [3.63, 3.8) is 0 Å². The number of para-hydroxylation sites is 1. The van der Waals surface area contributed by atoms with Crippen LogP contribution in [0.25, 0.3) is 44.9 Å². The van der Waals surface area contributed by atoms with Crippen LogP contribution in [0.5, 0.6) is 0 Å². The van der Waals surface area contributed by atoms with E-state index in [0.717, 1.165) is 61.5 Å². The molecule has 0 N–H and O–H groups in total. The first-order valence-electron chi connectivity index (χ1n) is 16.8. The molecule has 1 aliphatic heterocycles. The fourth-order valence-corrected chi connectivity index (χ4v) is 7.64. The molecule has 240 valence electrons. The van der Waals surface area contributed by atoms with Gasteiger partial charge in [0, 0.05) is 39.5 Å². The molecule has 0 saturated carbocycles. The van der Waals surface area contributed by atoms with Crippen molar-refractivity contribution in [1.82, 2.24) is 4.57 Å². The number of fused-ring (bicyclic) bond motifs is 4. The summed E-state index contributed by atoms with van der Waals surface area (Å²) in [5.74, 6) is 0.231. The summed E-state index contributed by atoms with van der Waals surface area (Å²) < 4.78 is 2.14. The number of hydrogen-bond donors (Lipinski definition) is 0. The van der Waals surface area contributed by atoms with Crippen LogP contribution in [-0.4, -0.2) is 10.6 Å².